The lowest BCUT2D eigenvalue weighted by Gasteiger charge is -2.35. The number of hydrogen-bond donors (Lipinski definition) is 0. The molecule has 4 rings (SSSR count). The van der Waals surface area contributed by atoms with Crippen molar-refractivity contribution in [2.24, 2.45) is 5.92 Å². The van der Waals surface area contributed by atoms with Crippen molar-refractivity contribution in [2.75, 3.05) is 37.7 Å². The molecular formula is C26H33ClN6O3. The van der Waals surface area contributed by atoms with Crippen LogP contribution in [0.15, 0.2) is 30.5 Å². The van der Waals surface area contributed by atoms with E-state index in [1.165, 1.54) is 0 Å². The van der Waals surface area contributed by atoms with Crippen LogP contribution >= 0.6 is 11.6 Å². The van der Waals surface area contributed by atoms with E-state index in [-0.39, 0.29) is 24.7 Å². The van der Waals surface area contributed by atoms with Gasteiger partial charge in [-0.05, 0) is 37.5 Å². The zero-order valence-corrected chi connectivity index (χ0v) is 21.9. The predicted molar refractivity (Wildman–Crippen MR) is 139 cm³/mol. The van der Waals surface area contributed by atoms with Crippen molar-refractivity contribution in [3.05, 3.63) is 41.3 Å². The molecule has 1 saturated heterocycles. The fourth-order valence-corrected chi connectivity index (χ4v) is 4.46. The molecule has 9 nitrogen and oxygen atoms in total. The van der Waals surface area contributed by atoms with Gasteiger partial charge in [0.15, 0.2) is 5.65 Å². The number of carbonyl (C=O) groups excluding carboxylic acids is 2. The molecule has 1 aliphatic heterocycles. The van der Waals surface area contributed by atoms with Crippen LogP contribution in [-0.4, -0.2) is 69.3 Å². The molecule has 3 aromatic rings. The Morgan fingerprint density at radius 3 is 2.58 bits per heavy atom. The van der Waals surface area contributed by atoms with Crippen LogP contribution in [0.4, 0.5) is 5.82 Å². The van der Waals surface area contributed by atoms with Crippen molar-refractivity contribution in [2.45, 2.75) is 46.5 Å². The number of aromatic nitrogens is 4. The number of amides is 1. The Morgan fingerprint density at radius 2 is 1.89 bits per heavy atom. The Morgan fingerprint density at radius 1 is 1.11 bits per heavy atom. The summed E-state index contributed by atoms with van der Waals surface area (Å²) in [7, 11) is 0. The lowest BCUT2D eigenvalue weighted by Crippen LogP contribution is -2.49. The van der Waals surface area contributed by atoms with Crippen molar-refractivity contribution in [3.63, 3.8) is 0 Å². The Kier molecular flexibility index (Phi) is 8.40. The first-order valence-corrected chi connectivity index (χ1v) is 12.9. The molecule has 0 N–H and O–H groups in total. The highest BCUT2D eigenvalue weighted by molar-refractivity contribution is 6.30. The van der Waals surface area contributed by atoms with Gasteiger partial charge in [-0.1, -0.05) is 31.5 Å². The molecule has 2 aromatic heterocycles. The summed E-state index contributed by atoms with van der Waals surface area (Å²) in [6.07, 6.45) is 3.84. The fourth-order valence-electron chi connectivity index (χ4n) is 4.27. The second-order valence-corrected chi connectivity index (χ2v) is 9.78. The maximum Gasteiger partial charge on any atom is 0.306 e. The lowest BCUT2D eigenvalue weighted by molar-refractivity contribution is -0.145. The van der Waals surface area contributed by atoms with E-state index in [9.17, 15) is 9.59 Å². The van der Waals surface area contributed by atoms with Gasteiger partial charge in [-0.3, -0.25) is 9.59 Å². The van der Waals surface area contributed by atoms with Gasteiger partial charge in [-0.25, -0.2) is 14.6 Å². The number of esters is 1. The summed E-state index contributed by atoms with van der Waals surface area (Å²) < 4.78 is 6.74. The number of benzene rings is 1. The summed E-state index contributed by atoms with van der Waals surface area (Å²) in [6, 6.07) is 7.54. The highest BCUT2D eigenvalue weighted by Crippen LogP contribution is 2.28. The first-order valence-electron chi connectivity index (χ1n) is 12.5. The van der Waals surface area contributed by atoms with Gasteiger partial charge in [0.05, 0.1) is 30.3 Å². The van der Waals surface area contributed by atoms with Gasteiger partial charge in [0, 0.05) is 44.0 Å². The fraction of sp³-hybridized carbons (Fsp3) is 0.500. The van der Waals surface area contributed by atoms with E-state index in [2.05, 4.69) is 23.8 Å². The number of carbonyl (C=O) groups is 2. The van der Waals surface area contributed by atoms with Crippen LogP contribution in [0.2, 0.25) is 5.02 Å². The van der Waals surface area contributed by atoms with Crippen LogP contribution in [0.25, 0.3) is 16.7 Å². The standard InChI is InChI=1S/C26H33ClN6O3/c1-4-36-24(35)11-10-23(34)31-12-14-32(15-13-31)25-21-17-28-33(20-7-5-6-19(27)16-20)26(21)30-22(29-25)9-8-18(2)3/h5-7,16-18H,4,8-15H2,1-3H3. The van der Waals surface area contributed by atoms with Crippen molar-refractivity contribution >= 4 is 40.3 Å². The average Bonchev–Trinajstić information content (AvgIpc) is 3.30. The number of halogens is 1. The van der Waals surface area contributed by atoms with Crippen LogP contribution in [0.3, 0.4) is 0 Å². The van der Waals surface area contributed by atoms with E-state index in [0.717, 1.165) is 41.2 Å². The molecule has 3 heterocycles. The van der Waals surface area contributed by atoms with Crippen molar-refractivity contribution < 1.29 is 14.3 Å². The van der Waals surface area contributed by atoms with E-state index >= 15 is 0 Å². The summed E-state index contributed by atoms with van der Waals surface area (Å²) >= 11 is 6.24. The molecule has 0 saturated carbocycles. The molecule has 0 unspecified atom stereocenters. The molecule has 0 radical (unpaired) electrons. The smallest absolute Gasteiger partial charge is 0.306 e. The number of rotatable bonds is 9. The lowest BCUT2D eigenvalue weighted by atomic mass is 10.1. The molecular weight excluding hydrogens is 480 g/mol. The van der Waals surface area contributed by atoms with Gasteiger partial charge in [-0.15, -0.1) is 0 Å². The molecule has 1 aliphatic rings. The zero-order chi connectivity index (χ0) is 25.7. The Hall–Kier alpha value is -3.20. The summed E-state index contributed by atoms with van der Waals surface area (Å²) in [5.74, 6) is 1.80. The second kappa shape index (κ2) is 11.7. The number of fused-ring (bicyclic) bond motifs is 1. The third kappa shape index (κ3) is 6.13. The molecule has 36 heavy (non-hydrogen) atoms. The summed E-state index contributed by atoms with van der Waals surface area (Å²) in [6.45, 7) is 8.88. The monoisotopic (exact) mass is 512 g/mol. The van der Waals surface area contributed by atoms with E-state index in [4.69, 9.17) is 26.3 Å². The number of nitrogens with zero attached hydrogens (tertiary/aromatic N) is 6. The Balaban J connectivity index is 1.56. The minimum absolute atomic E-state index is 0.0260. The maximum absolute atomic E-state index is 12.6. The number of aryl methyl sites for hydroxylation is 1. The largest absolute Gasteiger partial charge is 0.466 e. The Labute approximate surface area is 216 Å². The van der Waals surface area contributed by atoms with Gasteiger partial charge in [0.2, 0.25) is 5.91 Å². The molecule has 192 valence electrons. The SMILES string of the molecule is CCOC(=O)CCC(=O)N1CCN(c2nc(CCC(C)C)nc3c2cnn3-c2cccc(Cl)c2)CC1. The molecule has 0 bridgehead atoms. The average molecular weight is 513 g/mol. The molecule has 1 aromatic carbocycles. The number of piperazine rings is 1. The van der Waals surface area contributed by atoms with Gasteiger partial charge in [0.1, 0.15) is 11.6 Å². The first kappa shape index (κ1) is 25.9. The van der Waals surface area contributed by atoms with Gasteiger partial charge in [-0.2, -0.15) is 5.10 Å². The maximum atomic E-state index is 12.6. The number of hydrogen-bond acceptors (Lipinski definition) is 7. The van der Waals surface area contributed by atoms with E-state index < -0.39 is 0 Å². The number of ether oxygens (including phenoxy) is 1. The third-order valence-corrected chi connectivity index (χ3v) is 6.47. The van der Waals surface area contributed by atoms with E-state index in [0.29, 0.717) is 43.7 Å². The minimum Gasteiger partial charge on any atom is -0.466 e. The van der Waals surface area contributed by atoms with Crippen molar-refractivity contribution in [1.29, 1.82) is 0 Å². The molecule has 10 heteroatoms. The predicted octanol–water partition coefficient (Wildman–Crippen LogP) is 4.05. The molecule has 0 atom stereocenters. The number of anilines is 1. The Bertz CT molecular complexity index is 1220. The van der Waals surface area contributed by atoms with Gasteiger partial charge in [0.25, 0.3) is 0 Å². The summed E-state index contributed by atoms with van der Waals surface area (Å²) in [5.41, 5.74) is 1.59. The van der Waals surface area contributed by atoms with Crippen molar-refractivity contribution in [1.82, 2.24) is 24.6 Å². The molecule has 0 aliphatic carbocycles. The highest BCUT2D eigenvalue weighted by Gasteiger charge is 2.25. The normalized spacial score (nSPS) is 14.0. The molecule has 1 amide bonds. The highest BCUT2D eigenvalue weighted by atomic mass is 35.5. The topological polar surface area (TPSA) is 93.5 Å². The van der Waals surface area contributed by atoms with E-state index in [1.807, 2.05) is 29.2 Å². The molecule has 1 fully saturated rings. The van der Waals surface area contributed by atoms with Crippen LogP contribution in [0.1, 0.15) is 45.9 Å². The van der Waals surface area contributed by atoms with Crippen LogP contribution < -0.4 is 4.90 Å². The molecule has 0 spiro atoms. The minimum atomic E-state index is -0.335. The second-order valence-electron chi connectivity index (χ2n) is 9.34. The summed E-state index contributed by atoms with van der Waals surface area (Å²) in [4.78, 5) is 38.0. The van der Waals surface area contributed by atoms with Crippen molar-refractivity contribution in [3.8, 4) is 5.69 Å². The van der Waals surface area contributed by atoms with E-state index in [1.54, 1.807) is 17.8 Å². The first-order chi connectivity index (χ1) is 17.4. The summed E-state index contributed by atoms with van der Waals surface area (Å²) in [5, 5.41) is 6.12. The van der Waals surface area contributed by atoms with Crippen LogP contribution in [0.5, 0.6) is 0 Å². The van der Waals surface area contributed by atoms with Crippen LogP contribution in [0, 0.1) is 5.92 Å². The van der Waals surface area contributed by atoms with Gasteiger partial charge < -0.3 is 14.5 Å². The zero-order valence-electron chi connectivity index (χ0n) is 21.1. The van der Waals surface area contributed by atoms with Crippen LogP contribution in [-0.2, 0) is 20.7 Å². The third-order valence-electron chi connectivity index (χ3n) is 6.23. The van der Waals surface area contributed by atoms with Gasteiger partial charge >= 0.3 is 5.97 Å². The quantitative estimate of drug-likeness (QED) is 0.399.